The minimum atomic E-state index is -1.01. The number of hydrogen-bond acceptors (Lipinski definition) is 6. The number of nitrogens with one attached hydrogen (secondary N) is 1. The minimum absolute atomic E-state index is 0.298. The Bertz CT molecular complexity index is 1210. The molecule has 2 aromatic rings. The second-order valence-electron chi connectivity index (χ2n) is 8.71. The number of fused-ring (bicyclic) bond motifs is 2. The lowest BCUT2D eigenvalue weighted by molar-refractivity contribution is -0.121. The van der Waals surface area contributed by atoms with Crippen molar-refractivity contribution in [2.45, 2.75) is 46.1 Å². The van der Waals surface area contributed by atoms with Gasteiger partial charge in [-0.25, -0.2) is 0 Å². The third kappa shape index (κ3) is 3.65. The fourth-order valence-corrected chi connectivity index (χ4v) is 5.91. The minimum Gasteiger partial charge on any atom is -0.315 e. The highest BCUT2D eigenvalue weighted by molar-refractivity contribution is 7.73. The van der Waals surface area contributed by atoms with Gasteiger partial charge in [0.2, 0.25) is 5.91 Å². The fourth-order valence-electron chi connectivity index (χ4n) is 4.51. The molecule has 164 valence electrons. The SMILES string of the molecule is CC1CCc2c(C#N)c(NC(=O)C(C(C)C)N3C(=O)c4ccccc4C3=O)sc(=S)c2C1. The van der Waals surface area contributed by atoms with Crippen molar-refractivity contribution < 1.29 is 14.4 Å². The van der Waals surface area contributed by atoms with Crippen molar-refractivity contribution in [3.8, 4) is 6.07 Å². The van der Waals surface area contributed by atoms with Gasteiger partial charge in [0.05, 0.1) is 20.5 Å². The molecule has 1 aromatic heterocycles. The van der Waals surface area contributed by atoms with Crippen LogP contribution in [0.1, 0.15) is 64.6 Å². The number of anilines is 1. The van der Waals surface area contributed by atoms with Crippen LogP contribution < -0.4 is 5.32 Å². The first-order chi connectivity index (χ1) is 15.2. The monoisotopic (exact) mass is 465 g/mol. The second kappa shape index (κ2) is 8.57. The van der Waals surface area contributed by atoms with Gasteiger partial charge in [0.1, 0.15) is 17.1 Å². The average molecular weight is 466 g/mol. The van der Waals surface area contributed by atoms with Crippen LogP contribution in [-0.4, -0.2) is 28.7 Å². The van der Waals surface area contributed by atoms with Gasteiger partial charge in [0.25, 0.3) is 11.8 Å². The normalized spacial score (nSPS) is 18.2. The zero-order valence-electron chi connectivity index (χ0n) is 18.1. The van der Waals surface area contributed by atoms with E-state index in [0.29, 0.717) is 31.4 Å². The van der Waals surface area contributed by atoms with Gasteiger partial charge in [0.15, 0.2) is 0 Å². The van der Waals surface area contributed by atoms with Crippen LogP contribution in [0.2, 0.25) is 0 Å². The maximum atomic E-state index is 13.4. The van der Waals surface area contributed by atoms with E-state index in [-0.39, 0.29) is 5.92 Å². The van der Waals surface area contributed by atoms with Gasteiger partial charge >= 0.3 is 0 Å². The summed E-state index contributed by atoms with van der Waals surface area (Å²) in [5.74, 6) is -1.28. The molecule has 8 heteroatoms. The summed E-state index contributed by atoms with van der Waals surface area (Å²) in [5, 5.41) is 13.1. The summed E-state index contributed by atoms with van der Waals surface area (Å²) in [6, 6.07) is 7.80. The molecule has 1 N–H and O–H groups in total. The van der Waals surface area contributed by atoms with E-state index in [1.807, 2.05) is 0 Å². The van der Waals surface area contributed by atoms with Gasteiger partial charge in [-0.1, -0.05) is 45.1 Å². The van der Waals surface area contributed by atoms with Crippen molar-refractivity contribution in [2.24, 2.45) is 11.8 Å². The van der Waals surface area contributed by atoms with E-state index in [2.05, 4.69) is 18.3 Å². The number of hydrogen-bond donors (Lipinski definition) is 1. The summed E-state index contributed by atoms with van der Waals surface area (Å²) in [6.07, 6.45) is 2.53. The Hall–Kier alpha value is -2.89. The molecule has 32 heavy (non-hydrogen) atoms. The molecule has 0 radical (unpaired) electrons. The Kier molecular flexibility index (Phi) is 5.97. The molecule has 2 atom stereocenters. The average Bonchev–Trinajstić information content (AvgIpc) is 3.00. The Balaban J connectivity index is 1.70. The van der Waals surface area contributed by atoms with Crippen LogP contribution in [0, 0.1) is 27.0 Å². The van der Waals surface area contributed by atoms with Crippen molar-refractivity contribution >= 4 is 46.3 Å². The summed E-state index contributed by atoms with van der Waals surface area (Å²) >= 11 is 6.79. The quantitative estimate of drug-likeness (QED) is 0.521. The topological polar surface area (TPSA) is 90.3 Å². The first-order valence-electron chi connectivity index (χ1n) is 10.6. The number of benzene rings is 1. The van der Waals surface area contributed by atoms with Gasteiger partial charge in [-0.3, -0.25) is 19.3 Å². The van der Waals surface area contributed by atoms with Crippen molar-refractivity contribution in [3.63, 3.8) is 0 Å². The molecule has 1 aliphatic heterocycles. The molecule has 2 unspecified atom stereocenters. The highest BCUT2D eigenvalue weighted by Gasteiger charge is 2.44. The first kappa shape index (κ1) is 22.3. The molecular weight excluding hydrogens is 442 g/mol. The zero-order valence-corrected chi connectivity index (χ0v) is 19.7. The van der Waals surface area contributed by atoms with E-state index < -0.39 is 23.8 Å². The summed E-state index contributed by atoms with van der Waals surface area (Å²) < 4.78 is 0.669. The summed E-state index contributed by atoms with van der Waals surface area (Å²) in [6.45, 7) is 5.74. The van der Waals surface area contributed by atoms with Gasteiger partial charge < -0.3 is 5.32 Å². The van der Waals surface area contributed by atoms with E-state index in [1.54, 1.807) is 38.1 Å². The van der Waals surface area contributed by atoms with Crippen molar-refractivity contribution in [3.05, 3.63) is 55.9 Å². The molecule has 0 saturated carbocycles. The number of carbonyl (C=O) groups excluding carboxylic acids is 3. The standard InChI is InChI=1S/C24H23N3O3S2/c1-12(2)19(27-22(29)15-6-4-5-7-16(15)23(27)30)20(28)26-21-18(11-25)14-9-8-13(3)10-17(14)24(31)32-21/h4-7,12-13,19H,8-10H2,1-3H3,(H,26,28). The van der Waals surface area contributed by atoms with Crippen LogP contribution in [0.15, 0.2) is 24.3 Å². The first-order valence-corrected chi connectivity index (χ1v) is 11.8. The van der Waals surface area contributed by atoms with E-state index in [9.17, 15) is 19.6 Å². The number of carbonyl (C=O) groups is 3. The predicted molar refractivity (Wildman–Crippen MR) is 125 cm³/mol. The third-order valence-corrected chi connectivity index (χ3v) is 7.56. The van der Waals surface area contributed by atoms with E-state index in [0.717, 1.165) is 35.3 Å². The molecule has 0 spiro atoms. The van der Waals surface area contributed by atoms with Crippen molar-refractivity contribution in [1.29, 1.82) is 5.26 Å². The Morgan fingerprint density at radius 2 is 1.84 bits per heavy atom. The van der Waals surface area contributed by atoms with Crippen LogP contribution >= 0.6 is 23.6 Å². The maximum absolute atomic E-state index is 13.4. The number of rotatable bonds is 4. The highest BCUT2D eigenvalue weighted by Crippen LogP contribution is 2.36. The molecule has 2 heterocycles. The highest BCUT2D eigenvalue weighted by atomic mass is 32.1. The Morgan fingerprint density at radius 3 is 2.41 bits per heavy atom. The van der Waals surface area contributed by atoms with Crippen molar-refractivity contribution in [2.75, 3.05) is 5.32 Å². The fraction of sp³-hybridized carbons (Fsp3) is 0.375. The summed E-state index contributed by atoms with van der Waals surface area (Å²) in [5.41, 5.74) is 2.97. The lowest BCUT2D eigenvalue weighted by atomic mass is 9.85. The maximum Gasteiger partial charge on any atom is 0.262 e. The number of nitriles is 1. The number of imide groups is 1. The summed E-state index contributed by atoms with van der Waals surface area (Å²) in [7, 11) is 0. The largest absolute Gasteiger partial charge is 0.315 e. The molecule has 6 nitrogen and oxygen atoms in total. The van der Waals surface area contributed by atoms with Crippen LogP contribution in [0.3, 0.4) is 0 Å². The van der Waals surface area contributed by atoms with Gasteiger partial charge in [-0.15, -0.1) is 11.3 Å². The third-order valence-electron chi connectivity index (χ3n) is 6.13. The van der Waals surface area contributed by atoms with Gasteiger partial charge in [-0.2, -0.15) is 5.26 Å². The molecule has 1 aliphatic carbocycles. The van der Waals surface area contributed by atoms with Gasteiger partial charge in [0, 0.05) is 0 Å². The van der Waals surface area contributed by atoms with Crippen LogP contribution in [-0.2, 0) is 17.6 Å². The molecular formula is C24H23N3O3S2. The molecule has 1 aromatic carbocycles. The number of amides is 3. The van der Waals surface area contributed by atoms with E-state index in [4.69, 9.17) is 12.2 Å². The van der Waals surface area contributed by atoms with Crippen LogP contribution in [0.4, 0.5) is 5.00 Å². The molecule has 4 rings (SSSR count). The smallest absolute Gasteiger partial charge is 0.262 e. The molecule has 0 saturated heterocycles. The van der Waals surface area contributed by atoms with Gasteiger partial charge in [-0.05, 0) is 54.4 Å². The Labute approximate surface area is 195 Å². The lowest BCUT2D eigenvalue weighted by Crippen LogP contribution is -2.50. The molecule has 0 bridgehead atoms. The summed E-state index contributed by atoms with van der Waals surface area (Å²) in [4.78, 5) is 40.4. The molecule has 0 fully saturated rings. The lowest BCUT2D eigenvalue weighted by Gasteiger charge is -2.29. The molecule has 3 amide bonds. The van der Waals surface area contributed by atoms with Crippen molar-refractivity contribution in [1.82, 2.24) is 4.90 Å². The van der Waals surface area contributed by atoms with Crippen LogP contribution in [0.25, 0.3) is 0 Å². The Morgan fingerprint density at radius 1 is 1.22 bits per heavy atom. The van der Waals surface area contributed by atoms with Crippen LogP contribution in [0.5, 0.6) is 0 Å². The predicted octanol–water partition coefficient (Wildman–Crippen LogP) is 4.73. The van der Waals surface area contributed by atoms with E-state index >= 15 is 0 Å². The van der Waals surface area contributed by atoms with E-state index in [1.165, 1.54) is 11.3 Å². The number of nitrogens with zero attached hydrogens (tertiary/aromatic N) is 2. The zero-order chi connectivity index (χ0) is 23.2. The second-order valence-corrected chi connectivity index (χ2v) is 10.4. The molecule has 2 aliphatic rings.